The first-order valence-electron chi connectivity index (χ1n) is 7.18. The molecule has 4 aromatic rings. The van der Waals surface area contributed by atoms with E-state index in [4.69, 9.17) is 0 Å². The van der Waals surface area contributed by atoms with Gasteiger partial charge in [0.05, 0.1) is 17.2 Å². The molecule has 0 saturated carbocycles. The Morgan fingerprint density at radius 1 is 1.09 bits per heavy atom. The van der Waals surface area contributed by atoms with Gasteiger partial charge in [0.1, 0.15) is 5.52 Å². The first-order valence-corrected chi connectivity index (χ1v) is 8.41. The van der Waals surface area contributed by atoms with Crippen LogP contribution in [0.1, 0.15) is 16.2 Å². The third kappa shape index (κ3) is 2.39. The monoisotopic (exact) mass is 319 g/mol. The summed E-state index contributed by atoms with van der Waals surface area (Å²) in [4.78, 5) is 25.7. The van der Waals surface area contributed by atoms with Crippen molar-refractivity contribution in [1.29, 1.82) is 0 Å². The van der Waals surface area contributed by atoms with E-state index in [1.165, 1.54) is 0 Å². The normalized spacial score (nSPS) is 11.2. The van der Waals surface area contributed by atoms with Crippen LogP contribution >= 0.6 is 11.8 Å². The minimum Gasteiger partial charge on any atom is -0.334 e. The number of carbonyl (C=O) groups is 1. The lowest BCUT2D eigenvalue weighted by molar-refractivity contribution is 0.103. The lowest BCUT2D eigenvalue weighted by atomic mass is 10.1. The number of benzene rings is 2. The second kappa shape index (κ2) is 5.52. The summed E-state index contributed by atoms with van der Waals surface area (Å²) in [6.07, 6.45) is 3.73. The third-order valence-electron chi connectivity index (χ3n) is 3.79. The molecule has 0 aliphatic carbocycles. The summed E-state index contributed by atoms with van der Waals surface area (Å²) in [6.45, 7) is 0. The average molecular weight is 319 g/mol. The van der Waals surface area contributed by atoms with Crippen LogP contribution < -0.4 is 0 Å². The Kier molecular flexibility index (Phi) is 3.35. The average Bonchev–Trinajstić information content (AvgIpc) is 3.06. The molecule has 0 aliphatic heterocycles. The lowest BCUT2D eigenvalue weighted by Crippen LogP contribution is -2.03. The molecule has 1 N–H and O–H groups in total. The van der Waals surface area contributed by atoms with Crippen LogP contribution in [0.15, 0.2) is 59.6 Å². The van der Waals surface area contributed by atoms with Crippen molar-refractivity contribution in [3.05, 3.63) is 66.1 Å². The predicted molar refractivity (Wildman–Crippen MR) is 93.1 cm³/mol. The number of nitrogens with one attached hydrogen (secondary N) is 1. The number of thioether (sulfide) groups is 1. The minimum atomic E-state index is -0.113. The number of pyridine rings is 1. The SMILES string of the molecule is CSc1ccc(C(=O)c2nc3c(cnc4ccccc43)[nH]2)cc1. The van der Waals surface area contributed by atoms with E-state index in [0.717, 1.165) is 26.8 Å². The number of fused-ring (bicyclic) bond motifs is 3. The van der Waals surface area contributed by atoms with Crippen molar-refractivity contribution in [1.82, 2.24) is 15.0 Å². The van der Waals surface area contributed by atoms with Crippen molar-refractivity contribution in [2.24, 2.45) is 0 Å². The molecule has 112 valence electrons. The number of H-pyrrole nitrogens is 1. The molecule has 23 heavy (non-hydrogen) atoms. The summed E-state index contributed by atoms with van der Waals surface area (Å²) >= 11 is 1.65. The molecule has 0 saturated heterocycles. The largest absolute Gasteiger partial charge is 0.334 e. The maximum Gasteiger partial charge on any atom is 0.228 e. The molecule has 0 atom stereocenters. The van der Waals surface area contributed by atoms with Crippen LogP contribution in [-0.4, -0.2) is 27.0 Å². The van der Waals surface area contributed by atoms with Gasteiger partial charge >= 0.3 is 0 Å². The zero-order valence-electron chi connectivity index (χ0n) is 12.4. The van der Waals surface area contributed by atoms with Gasteiger partial charge < -0.3 is 4.98 Å². The standard InChI is InChI=1S/C18H13N3OS/c1-23-12-8-6-11(7-9-12)17(22)18-20-15-10-19-14-5-3-2-4-13(14)16(15)21-18/h2-10H,1H3,(H,20,21). The summed E-state index contributed by atoms with van der Waals surface area (Å²) in [5.74, 6) is 0.230. The summed E-state index contributed by atoms with van der Waals surface area (Å²) in [5.41, 5.74) is 3.04. The molecule has 0 amide bonds. The quantitative estimate of drug-likeness (QED) is 0.457. The van der Waals surface area contributed by atoms with Crippen molar-refractivity contribution in [3.63, 3.8) is 0 Å². The van der Waals surface area contributed by atoms with E-state index < -0.39 is 0 Å². The lowest BCUT2D eigenvalue weighted by Gasteiger charge is -1.99. The number of nitrogens with zero attached hydrogens (tertiary/aromatic N) is 2. The van der Waals surface area contributed by atoms with Crippen LogP contribution in [0.2, 0.25) is 0 Å². The van der Waals surface area contributed by atoms with Crippen LogP contribution in [-0.2, 0) is 0 Å². The van der Waals surface area contributed by atoms with E-state index in [1.807, 2.05) is 54.8 Å². The zero-order chi connectivity index (χ0) is 15.8. The van der Waals surface area contributed by atoms with Crippen LogP contribution in [0.4, 0.5) is 0 Å². The Balaban J connectivity index is 1.81. The molecule has 0 fully saturated rings. The number of ketones is 1. The van der Waals surface area contributed by atoms with Gasteiger partial charge in [0.25, 0.3) is 0 Å². The van der Waals surface area contributed by atoms with Gasteiger partial charge in [-0.1, -0.05) is 18.2 Å². The molecule has 2 aromatic heterocycles. The van der Waals surface area contributed by atoms with E-state index in [0.29, 0.717) is 11.4 Å². The van der Waals surface area contributed by atoms with E-state index in [-0.39, 0.29) is 5.78 Å². The van der Waals surface area contributed by atoms with Gasteiger partial charge in [0, 0.05) is 15.8 Å². The number of para-hydroxylation sites is 1. The number of hydrogen-bond donors (Lipinski definition) is 1. The number of aromatic nitrogens is 3. The van der Waals surface area contributed by atoms with Crippen LogP contribution in [0.5, 0.6) is 0 Å². The molecule has 0 bridgehead atoms. The number of hydrogen-bond acceptors (Lipinski definition) is 4. The molecule has 5 heteroatoms. The van der Waals surface area contributed by atoms with Gasteiger partial charge in [-0.2, -0.15) is 0 Å². The van der Waals surface area contributed by atoms with E-state index in [1.54, 1.807) is 18.0 Å². The number of aromatic amines is 1. The summed E-state index contributed by atoms with van der Waals surface area (Å²) in [7, 11) is 0. The van der Waals surface area contributed by atoms with Gasteiger partial charge in [0.15, 0.2) is 5.82 Å². The third-order valence-corrected chi connectivity index (χ3v) is 4.53. The van der Waals surface area contributed by atoms with E-state index in [2.05, 4.69) is 15.0 Å². The number of imidazole rings is 1. The maximum absolute atomic E-state index is 12.6. The molecule has 0 spiro atoms. The summed E-state index contributed by atoms with van der Waals surface area (Å²) < 4.78 is 0. The Labute approximate surface area is 137 Å². The maximum atomic E-state index is 12.6. The molecule has 2 aromatic carbocycles. The first kappa shape index (κ1) is 14.0. The summed E-state index contributed by atoms with van der Waals surface area (Å²) in [5, 5.41) is 0.943. The van der Waals surface area contributed by atoms with Gasteiger partial charge in [-0.15, -0.1) is 11.8 Å². The number of carbonyl (C=O) groups excluding carboxylic acids is 1. The van der Waals surface area contributed by atoms with Crippen molar-refractivity contribution in [3.8, 4) is 0 Å². The second-order valence-electron chi connectivity index (χ2n) is 5.18. The Morgan fingerprint density at radius 3 is 2.65 bits per heavy atom. The molecule has 0 unspecified atom stereocenters. The Morgan fingerprint density at radius 2 is 1.87 bits per heavy atom. The van der Waals surface area contributed by atoms with Crippen LogP contribution in [0.3, 0.4) is 0 Å². The van der Waals surface area contributed by atoms with Crippen molar-refractivity contribution in [2.75, 3.05) is 6.26 Å². The minimum absolute atomic E-state index is 0.113. The smallest absolute Gasteiger partial charge is 0.228 e. The molecule has 4 rings (SSSR count). The first-order chi connectivity index (χ1) is 11.3. The van der Waals surface area contributed by atoms with Gasteiger partial charge in [-0.3, -0.25) is 9.78 Å². The highest BCUT2D eigenvalue weighted by atomic mass is 32.2. The topological polar surface area (TPSA) is 58.6 Å². The fraction of sp³-hybridized carbons (Fsp3) is 0.0556. The van der Waals surface area contributed by atoms with E-state index >= 15 is 0 Å². The molecule has 0 radical (unpaired) electrons. The fourth-order valence-electron chi connectivity index (χ4n) is 2.59. The van der Waals surface area contributed by atoms with Gasteiger partial charge in [-0.25, -0.2) is 4.98 Å². The van der Waals surface area contributed by atoms with Crippen molar-refractivity contribution < 1.29 is 4.79 Å². The van der Waals surface area contributed by atoms with Crippen LogP contribution in [0.25, 0.3) is 21.9 Å². The van der Waals surface area contributed by atoms with Crippen molar-refractivity contribution in [2.45, 2.75) is 4.90 Å². The highest BCUT2D eigenvalue weighted by Crippen LogP contribution is 2.22. The zero-order valence-corrected chi connectivity index (χ0v) is 13.2. The fourth-order valence-corrected chi connectivity index (χ4v) is 3.00. The van der Waals surface area contributed by atoms with Crippen LogP contribution in [0, 0.1) is 0 Å². The predicted octanol–water partition coefficient (Wildman–Crippen LogP) is 4.06. The number of rotatable bonds is 3. The molecule has 4 nitrogen and oxygen atoms in total. The Bertz CT molecular complexity index is 1020. The molecular weight excluding hydrogens is 306 g/mol. The second-order valence-corrected chi connectivity index (χ2v) is 6.06. The highest BCUT2D eigenvalue weighted by Gasteiger charge is 2.15. The Hall–Kier alpha value is -2.66. The van der Waals surface area contributed by atoms with Gasteiger partial charge in [0.2, 0.25) is 5.78 Å². The molecular formula is C18H13N3OS. The molecule has 2 heterocycles. The van der Waals surface area contributed by atoms with Crippen molar-refractivity contribution >= 4 is 39.5 Å². The highest BCUT2D eigenvalue weighted by molar-refractivity contribution is 7.98. The summed E-state index contributed by atoms with van der Waals surface area (Å²) in [6, 6.07) is 15.3. The molecule has 0 aliphatic rings. The van der Waals surface area contributed by atoms with E-state index in [9.17, 15) is 4.79 Å². The van der Waals surface area contributed by atoms with Gasteiger partial charge in [-0.05, 0) is 36.6 Å².